The molecule has 3 aromatic rings. The van der Waals surface area contributed by atoms with Crippen molar-refractivity contribution in [2.75, 3.05) is 31.1 Å². The van der Waals surface area contributed by atoms with Gasteiger partial charge >= 0.3 is 0 Å². The van der Waals surface area contributed by atoms with Gasteiger partial charge in [0.05, 0.1) is 5.52 Å². The third-order valence-electron chi connectivity index (χ3n) is 4.82. The summed E-state index contributed by atoms with van der Waals surface area (Å²) < 4.78 is 2.03. The van der Waals surface area contributed by atoms with Crippen molar-refractivity contribution >= 4 is 34.9 Å². The largest absolute Gasteiger partial charge is 0.368 e. The molecule has 0 aliphatic carbocycles. The summed E-state index contributed by atoms with van der Waals surface area (Å²) in [6.45, 7) is 4.52. The zero-order chi connectivity index (χ0) is 17.2. The van der Waals surface area contributed by atoms with E-state index in [1.807, 2.05) is 28.8 Å². The van der Waals surface area contributed by atoms with Crippen molar-refractivity contribution in [3.63, 3.8) is 0 Å². The van der Waals surface area contributed by atoms with Gasteiger partial charge in [-0.3, -0.25) is 4.79 Å². The summed E-state index contributed by atoms with van der Waals surface area (Å²) in [5.74, 6) is -0.390. The summed E-state index contributed by atoms with van der Waals surface area (Å²) >= 11 is 0. The molecule has 136 valence electrons. The molecule has 1 amide bonds. The number of piperazine rings is 1. The number of nitrogens with zero attached hydrogens (tertiary/aromatic N) is 2. The molecule has 1 aliphatic heterocycles. The second-order valence-electron chi connectivity index (χ2n) is 6.41. The maximum atomic E-state index is 12.0. The summed E-state index contributed by atoms with van der Waals surface area (Å²) in [5, 5.41) is 4.47. The van der Waals surface area contributed by atoms with Gasteiger partial charge < -0.3 is 20.5 Å². The van der Waals surface area contributed by atoms with E-state index in [1.165, 1.54) is 5.69 Å². The van der Waals surface area contributed by atoms with Crippen molar-refractivity contribution in [2.24, 2.45) is 5.73 Å². The van der Waals surface area contributed by atoms with E-state index in [2.05, 4.69) is 40.5 Å². The number of nitrogens with two attached hydrogens (primary N) is 1. The Morgan fingerprint density at radius 2 is 1.77 bits per heavy atom. The minimum absolute atomic E-state index is 0. The minimum Gasteiger partial charge on any atom is -0.368 e. The summed E-state index contributed by atoms with van der Waals surface area (Å²) in [4.78, 5) is 14.4. The molecular weight excluding hydrogens is 348 g/mol. The van der Waals surface area contributed by atoms with Crippen LogP contribution in [-0.2, 0) is 6.54 Å². The third kappa shape index (κ3) is 3.41. The molecule has 4 rings (SSSR count). The zero-order valence-corrected chi connectivity index (χ0v) is 15.3. The predicted molar refractivity (Wildman–Crippen MR) is 108 cm³/mol. The summed E-state index contributed by atoms with van der Waals surface area (Å²) in [6.07, 6.45) is 0. The molecule has 0 atom stereocenters. The van der Waals surface area contributed by atoms with Crippen molar-refractivity contribution < 1.29 is 4.79 Å². The van der Waals surface area contributed by atoms with Crippen LogP contribution in [0.5, 0.6) is 0 Å². The van der Waals surface area contributed by atoms with Crippen molar-refractivity contribution in [3.05, 3.63) is 65.9 Å². The van der Waals surface area contributed by atoms with E-state index in [0.29, 0.717) is 12.2 Å². The smallest absolute Gasteiger partial charge is 0.265 e. The van der Waals surface area contributed by atoms with Crippen LogP contribution in [0.1, 0.15) is 16.1 Å². The number of aromatic nitrogens is 1. The first-order valence-corrected chi connectivity index (χ1v) is 8.66. The Morgan fingerprint density at radius 3 is 2.46 bits per heavy atom. The molecule has 0 saturated carbocycles. The molecule has 1 fully saturated rings. The number of rotatable bonds is 4. The number of fused-ring (bicyclic) bond motifs is 1. The van der Waals surface area contributed by atoms with E-state index < -0.39 is 5.91 Å². The fourth-order valence-corrected chi connectivity index (χ4v) is 3.59. The van der Waals surface area contributed by atoms with Gasteiger partial charge in [-0.25, -0.2) is 0 Å². The van der Waals surface area contributed by atoms with Crippen molar-refractivity contribution in [3.8, 4) is 0 Å². The van der Waals surface area contributed by atoms with E-state index >= 15 is 0 Å². The Balaban J connectivity index is 0.00000196. The number of hydrogen-bond acceptors (Lipinski definition) is 3. The van der Waals surface area contributed by atoms with E-state index in [0.717, 1.165) is 42.6 Å². The van der Waals surface area contributed by atoms with E-state index in [9.17, 15) is 4.79 Å². The van der Waals surface area contributed by atoms with Crippen LogP contribution < -0.4 is 16.0 Å². The van der Waals surface area contributed by atoms with Gasteiger partial charge in [0, 0.05) is 43.8 Å². The van der Waals surface area contributed by atoms with Crippen LogP contribution in [0.3, 0.4) is 0 Å². The molecule has 2 heterocycles. The van der Waals surface area contributed by atoms with Gasteiger partial charge in [-0.1, -0.05) is 36.4 Å². The fraction of sp³-hybridized carbons (Fsp3) is 0.250. The van der Waals surface area contributed by atoms with Crippen molar-refractivity contribution in [2.45, 2.75) is 6.54 Å². The first-order valence-electron chi connectivity index (χ1n) is 8.66. The Kier molecular flexibility index (Phi) is 5.49. The quantitative estimate of drug-likeness (QED) is 0.742. The second-order valence-corrected chi connectivity index (χ2v) is 6.41. The van der Waals surface area contributed by atoms with Gasteiger partial charge in [-0.2, -0.15) is 0 Å². The van der Waals surface area contributed by atoms with Crippen LogP contribution in [0.15, 0.2) is 54.6 Å². The van der Waals surface area contributed by atoms with Gasteiger partial charge in [-0.15, -0.1) is 12.4 Å². The molecule has 0 bridgehead atoms. The normalized spacial score (nSPS) is 14.2. The number of carbonyl (C=O) groups excluding carboxylic acids is 1. The molecule has 6 heteroatoms. The molecule has 3 N–H and O–H groups in total. The molecule has 26 heavy (non-hydrogen) atoms. The number of primary amides is 1. The van der Waals surface area contributed by atoms with Gasteiger partial charge in [0.25, 0.3) is 5.91 Å². The highest BCUT2D eigenvalue weighted by atomic mass is 35.5. The Hall–Kier alpha value is -2.50. The fourth-order valence-electron chi connectivity index (χ4n) is 3.59. The highest BCUT2D eigenvalue weighted by Gasteiger charge is 2.19. The van der Waals surface area contributed by atoms with Gasteiger partial charge in [0.1, 0.15) is 5.69 Å². The van der Waals surface area contributed by atoms with Crippen LogP contribution in [0.2, 0.25) is 0 Å². The highest BCUT2D eigenvalue weighted by molar-refractivity contribution is 6.02. The standard InChI is InChI=1S/C20H22N4O.ClH/c21-20(25)19-13-16-17(23-11-9-22-10-12-23)7-4-8-18(16)24(19)14-15-5-2-1-3-6-15;/h1-8,13,22H,9-12,14H2,(H2,21,25);1H. The minimum atomic E-state index is -0.390. The molecule has 1 aliphatic rings. The topological polar surface area (TPSA) is 63.3 Å². The number of amides is 1. The van der Waals surface area contributed by atoms with Crippen LogP contribution in [0.25, 0.3) is 10.9 Å². The first-order chi connectivity index (χ1) is 12.2. The summed E-state index contributed by atoms with van der Waals surface area (Å²) in [5.41, 5.74) is 9.61. The average molecular weight is 371 g/mol. The Labute approximate surface area is 159 Å². The van der Waals surface area contributed by atoms with Gasteiger partial charge in [-0.05, 0) is 23.8 Å². The Morgan fingerprint density at radius 1 is 1.04 bits per heavy atom. The number of halogens is 1. The molecule has 0 spiro atoms. The lowest BCUT2D eigenvalue weighted by atomic mass is 10.1. The number of hydrogen-bond donors (Lipinski definition) is 2. The molecule has 0 unspecified atom stereocenters. The zero-order valence-electron chi connectivity index (χ0n) is 14.5. The van der Waals surface area contributed by atoms with Crippen LogP contribution >= 0.6 is 12.4 Å². The molecule has 0 radical (unpaired) electrons. The third-order valence-corrected chi connectivity index (χ3v) is 4.82. The maximum Gasteiger partial charge on any atom is 0.265 e. The molecule has 5 nitrogen and oxygen atoms in total. The molecule has 1 saturated heterocycles. The lowest BCUT2D eigenvalue weighted by Gasteiger charge is -2.30. The molecular formula is C20H23ClN4O. The predicted octanol–water partition coefficient (Wildman–Crippen LogP) is 2.62. The SMILES string of the molecule is Cl.NC(=O)c1cc2c(N3CCNCC3)cccc2n1Cc1ccccc1. The molecule has 1 aromatic heterocycles. The van der Waals surface area contributed by atoms with Crippen LogP contribution in [0, 0.1) is 0 Å². The average Bonchev–Trinajstić information content (AvgIpc) is 3.02. The highest BCUT2D eigenvalue weighted by Crippen LogP contribution is 2.30. The van der Waals surface area contributed by atoms with E-state index in [4.69, 9.17) is 5.73 Å². The maximum absolute atomic E-state index is 12.0. The summed E-state index contributed by atoms with van der Waals surface area (Å²) in [7, 11) is 0. The Bertz CT molecular complexity index is 901. The molecule has 2 aromatic carbocycles. The number of carbonyl (C=O) groups is 1. The van der Waals surface area contributed by atoms with Crippen LogP contribution in [0.4, 0.5) is 5.69 Å². The van der Waals surface area contributed by atoms with Gasteiger partial charge in [0.2, 0.25) is 0 Å². The van der Waals surface area contributed by atoms with E-state index in [-0.39, 0.29) is 12.4 Å². The van der Waals surface area contributed by atoms with Crippen molar-refractivity contribution in [1.82, 2.24) is 9.88 Å². The lowest BCUT2D eigenvalue weighted by molar-refractivity contribution is 0.0992. The monoisotopic (exact) mass is 370 g/mol. The second kappa shape index (κ2) is 7.81. The summed E-state index contributed by atoms with van der Waals surface area (Å²) in [6, 6.07) is 18.3. The number of benzene rings is 2. The van der Waals surface area contributed by atoms with Crippen LogP contribution in [-0.4, -0.2) is 36.7 Å². The van der Waals surface area contributed by atoms with E-state index in [1.54, 1.807) is 0 Å². The van der Waals surface area contributed by atoms with Crippen molar-refractivity contribution in [1.29, 1.82) is 0 Å². The van der Waals surface area contributed by atoms with Gasteiger partial charge in [0.15, 0.2) is 0 Å². The lowest BCUT2D eigenvalue weighted by Crippen LogP contribution is -2.43. The number of nitrogens with one attached hydrogen (secondary N) is 1. The number of anilines is 1. The first kappa shape index (κ1) is 18.3.